The second-order valence-electron chi connectivity index (χ2n) is 13.6. The van der Waals surface area contributed by atoms with Gasteiger partial charge in [-0.15, -0.1) is 0 Å². The molecule has 0 aliphatic carbocycles. The fourth-order valence-corrected chi connectivity index (χ4v) is 7.97. The molecule has 8 aromatic carbocycles. The lowest BCUT2D eigenvalue weighted by atomic mass is 9.92. The summed E-state index contributed by atoms with van der Waals surface area (Å²) in [6, 6.07) is 58.6. The molecule has 51 heavy (non-hydrogen) atoms. The number of rotatable bonds is 4. The molecule has 1 atom stereocenters. The van der Waals surface area contributed by atoms with Crippen LogP contribution in [-0.2, 0) is 0 Å². The molecule has 0 radical (unpaired) electrons. The summed E-state index contributed by atoms with van der Waals surface area (Å²) in [6.07, 6.45) is 0.454. The number of allylic oxidation sites excluding steroid dienone is 1. The Labute approximate surface area is 296 Å². The second kappa shape index (κ2) is 11.9. The number of benzene rings is 8. The third-order valence-corrected chi connectivity index (χ3v) is 10.5. The molecule has 2 heterocycles. The lowest BCUT2D eigenvalue weighted by Crippen LogP contribution is -2.19. The Hall–Kier alpha value is -6.45. The van der Waals surface area contributed by atoms with E-state index in [2.05, 4.69) is 164 Å². The number of nitrogens with zero attached hydrogens (tertiary/aromatic N) is 1. The van der Waals surface area contributed by atoms with Crippen molar-refractivity contribution in [3.63, 3.8) is 0 Å². The molecule has 1 N–H and O–H groups in total. The van der Waals surface area contributed by atoms with Crippen molar-refractivity contribution in [2.75, 3.05) is 0 Å². The largest absolute Gasteiger partial charge is 0.456 e. The summed E-state index contributed by atoms with van der Waals surface area (Å²) in [5.41, 5.74) is 11.1. The van der Waals surface area contributed by atoms with Crippen molar-refractivity contribution in [1.82, 2.24) is 5.32 Å². The van der Waals surface area contributed by atoms with Crippen LogP contribution >= 0.6 is 0 Å². The number of aliphatic imine (C=N–C) groups is 1. The first-order valence-corrected chi connectivity index (χ1v) is 17.6. The Balaban J connectivity index is 1.12. The topological polar surface area (TPSA) is 37.5 Å². The normalized spacial score (nSPS) is 15.1. The summed E-state index contributed by atoms with van der Waals surface area (Å²) < 4.78 is 6.22. The van der Waals surface area contributed by atoms with Crippen LogP contribution in [0.5, 0.6) is 0 Å². The number of hydrogen-bond donors (Lipinski definition) is 1. The van der Waals surface area contributed by atoms with Crippen LogP contribution in [0.15, 0.2) is 179 Å². The Kier molecular flexibility index (Phi) is 6.85. The highest BCUT2D eigenvalue weighted by atomic mass is 16.3. The number of hydrogen-bond acceptors (Lipinski definition) is 3. The molecule has 0 amide bonds. The fraction of sp³-hybridized carbons (Fsp3) is 0.0625. The van der Waals surface area contributed by atoms with Crippen LogP contribution in [0.1, 0.15) is 36.2 Å². The van der Waals surface area contributed by atoms with Crippen LogP contribution in [-0.4, -0.2) is 5.71 Å². The van der Waals surface area contributed by atoms with E-state index in [9.17, 15) is 0 Å². The van der Waals surface area contributed by atoms with E-state index in [0.29, 0.717) is 0 Å². The maximum Gasteiger partial charge on any atom is 0.145 e. The fourth-order valence-electron chi connectivity index (χ4n) is 7.97. The molecule has 1 unspecified atom stereocenters. The lowest BCUT2D eigenvalue weighted by molar-refractivity contribution is 0.669. The Bertz CT molecular complexity index is 2870. The van der Waals surface area contributed by atoms with Gasteiger partial charge >= 0.3 is 0 Å². The molecule has 3 heteroatoms. The molecular weight excluding hydrogens is 621 g/mol. The lowest BCUT2D eigenvalue weighted by Gasteiger charge is -2.21. The first-order valence-electron chi connectivity index (χ1n) is 17.6. The van der Waals surface area contributed by atoms with Gasteiger partial charge in [-0.3, -0.25) is 4.99 Å². The number of fused-ring (bicyclic) bond motifs is 7. The molecule has 3 nitrogen and oxygen atoms in total. The average Bonchev–Trinajstić information content (AvgIpc) is 3.48. The zero-order chi connectivity index (χ0) is 33.9. The van der Waals surface area contributed by atoms with Gasteiger partial charge in [0.2, 0.25) is 0 Å². The standard InChI is InChI=1S/C48H34N2O/c1-30-27-43(36-26-21-31-11-2-3-12-34(31)28-36)49-48(50-47(30)42-29-35-13-4-5-14-37(35)39-15-6-7-16-40(39)42)33-24-22-32(23-25-33)38-18-10-20-45-46(38)41-17-8-9-19-44(41)51-45/h2-26,28-29,48,50H,27H2,1H3. The maximum absolute atomic E-state index is 6.22. The molecule has 10 rings (SSSR count). The zero-order valence-electron chi connectivity index (χ0n) is 28.2. The van der Waals surface area contributed by atoms with Gasteiger partial charge in [-0.1, -0.05) is 140 Å². The monoisotopic (exact) mass is 654 g/mol. The Morgan fingerprint density at radius 3 is 2.04 bits per heavy atom. The summed E-state index contributed by atoms with van der Waals surface area (Å²) >= 11 is 0. The minimum Gasteiger partial charge on any atom is -0.456 e. The molecule has 0 spiro atoms. The molecule has 1 aliphatic heterocycles. The molecule has 242 valence electrons. The van der Waals surface area contributed by atoms with E-state index >= 15 is 0 Å². The van der Waals surface area contributed by atoms with Gasteiger partial charge in [0.15, 0.2) is 0 Å². The van der Waals surface area contributed by atoms with Crippen molar-refractivity contribution < 1.29 is 4.42 Å². The predicted octanol–water partition coefficient (Wildman–Crippen LogP) is 12.6. The van der Waals surface area contributed by atoms with E-state index < -0.39 is 0 Å². The van der Waals surface area contributed by atoms with Gasteiger partial charge in [-0.05, 0) is 91.3 Å². The summed E-state index contributed by atoms with van der Waals surface area (Å²) in [6.45, 7) is 2.25. The Morgan fingerprint density at radius 2 is 1.20 bits per heavy atom. The third kappa shape index (κ3) is 5.01. The minimum absolute atomic E-state index is 0.288. The smallest absolute Gasteiger partial charge is 0.145 e. The van der Waals surface area contributed by atoms with Crippen molar-refractivity contribution in [1.29, 1.82) is 0 Å². The summed E-state index contributed by atoms with van der Waals surface area (Å²) in [5.74, 6) is 0. The molecule has 1 aliphatic rings. The summed E-state index contributed by atoms with van der Waals surface area (Å²) in [5, 5.41) is 13.7. The highest BCUT2D eigenvalue weighted by molar-refractivity contribution is 6.14. The molecule has 0 saturated heterocycles. The van der Waals surface area contributed by atoms with E-state index in [-0.39, 0.29) is 6.17 Å². The van der Waals surface area contributed by atoms with Gasteiger partial charge in [-0.25, -0.2) is 0 Å². The van der Waals surface area contributed by atoms with Gasteiger partial charge in [0, 0.05) is 34.2 Å². The van der Waals surface area contributed by atoms with Crippen molar-refractivity contribution in [2.24, 2.45) is 4.99 Å². The summed E-state index contributed by atoms with van der Waals surface area (Å²) in [7, 11) is 0. The zero-order valence-corrected chi connectivity index (χ0v) is 28.2. The van der Waals surface area contributed by atoms with E-state index in [1.165, 1.54) is 43.5 Å². The highest BCUT2D eigenvalue weighted by Gasteiger charge is 2.23. The van der Waals surface area contributed by atoms with E-state index in [4.69, 9.17) is 9.41 Å². The molecule has 9 aromatic rings. The van der Waals surface area contributed by atoms with Crippen LogP contribution in [0.4, 0.5) is 0 Å². The van der Waals surface area contributed by atoms with Crippen molar-refractivity contribution in [3.05, 3.63) is 186 Å². The van der Waals surface area contributed by atoms with Crippen LogP contribution in [0.3, 0.4) is 0 Å². The van der Waals surface area contributed by atoms with Crippen molar-refractivity contribution >= 4 is 65.7 Å². The molecule has 0 bridgehead atoms. The van der Waals surface area contributed by atoms with Gasteiger partial charge in [0.25, 0.3) is 0 Å². The first kappa shape index (κ1) is 29.5. The van der Waals surface area contributed by atoms with E-state index in [1.807, 2.05) is 12.1 Å². The van der Waals surface area contributed by atoms with Crippen molar-refractivity contribution in [2.45, 2.75) is 19.5 Å². The van der Waals surface area contributed by atoms with Crippen molar-refractivity contribution in [3.8, 4) is 11.1 Å². The summed E-state index contributed by atoms with van der Waals surface area (Å²) in [4.78, 5) is 5.53. The SMILES string of the molecule is CC1=C(c2cc3ccccc3c3ccccc23)NC(c2ccc(-c3cccc4oc5ccccc5c34)cc2)N=C(c2ccc3ccccc3c2)C1. The minimum atomic E-state index is -0.288. The van der Waals surface area contributed by atoms with E-state index in [0.717, 1.165) is 62.0 Å². The molecule has 0 fully saturated rings. The number of furan rings is 1. The van der Waals surface area contributed by atoms with Gasteiger partial charge in [0.1, 0.15) is 17.3 Å². The van der Waals surface area contributed by atoms with Crippen LogP contribution in [0, 0.1) is 0 Å². The maximum atomic E-state index is 6.22. The number of nitrogens with one attached hydrogen (secondary N) is 1. The molecule has 1 aromatic heterocycles. The first-order chi connectivity index (χ1) is 25.2. The van der Waals surface area contributed by atoms with Gasteiger partial charge < -0.3 is 9.73 Å². The highest BCUT2D eigenvalue weighted by Crippen LogP contribution is 2.39. The van der Waals surface area contributed by atoms with Crippen LogP contribution in [0.2, 0.25) is 0 Å². The third-order valence-electron chi connectivity index (χ3n) is 10.5. The second-order valence-corrected chi connectivity index (χ2v) is 13.6. The Morgan fingerprint density at radius 1 is 0.529 bits per heavy atom. The van der Waals surface area contributed by atoms with Crippen LogP contribution in [0.25, 0.3) is 71.1 Å². The van der Waals surface area contributed by atoms with E-state index in [1.54, 1.807) is 0 Å². The quantitative estimate of drug-likeness (QED) is 0.192. The van der Waals surface area contributed by atoms with Gasteiger partial charge in [-0.2, -0.15) is 0 Å². The number of para-hydroxylation sites is 1. The van der Waals surface area contributed by atoms with Gasteiger partial charge in [0.05, 0.1) is 0 Å². The predicted molar refractivity (Wildman–Crippen MR) is 214 cm³/mol. The average molecular weight is 655 g/mol. The molecule has 0 saturated carbocycles. The van der Waals surface area contributed by atoms with Crippen LogP contribution < -0.4 is 5.32 Å². The molecular formula is C48H34N2O.